The summed E-state index contributed by atoms with van der Waals surface area (Å²) < 4.78 is 9.79. The average molecular weight is 476 g/mol. The predicted octanol–water partition coefficient (Wildman–Crippen LogP) is 5.15. The third kappa shape index (κ3) is 3.49. The van der Waals surface area contributed by atoms with Gasteiger partial charge in [0.2, 0.25) is 5.88 Å². The molecule has 0 fully saturated rings. The van der Waals surface area contributed by atoms with E-state index in [1.165, 1.54) is 0 Å². The Morgan fingerprint density at radius 3 is 2.19 bits per heavy atom. The van der Waals surface area contributed by atoms with Crippen LogP contribution < -0.4 is 4.74 Å². The highest BCUT2D eigenvalue weighted by Gasteiger charge is 2.15. The maximum absolute atomic E-state index is 10.5. The van der Waals surface area contributed by atoms with Gasteiger partial charge in [-0.25, -0.2) is 4.98 Å². The molecule has 132 valence electrons. The van der Waals surface area contributed by atoms with Gasteiger partial charge in [0, 0.05) is 43.0 Å². The third-order valence-electron chi connectivity index (χ3n) is 4.24. The molecule has 4 rings (SSSR count). The number of aliphatic hydroxyl groups is 1. The van der Waals surface area contributed by atoms with Crippen molar-refractivity contribution in [1.29, 1.82) is 0 Å². The fourth-order valence-corrected chi connectivity index (χ4v) is 3.84. The van der Waals surface area contributed by atoms with Gasteiger partial charge in [-0.1, -0.05) is 37.9 Å². The zero-order valence-corrected chi connectivity index (χ0v) is 16.9. The van der Waals surface area contributed by atoms with E-state index in [2.05, 4.69) is 65.7 Å². The molecule has 26 heavy (non-hydrogen) atoms. The van der Waals surface area contributed by atoms with E-state index >= 15 is 0 Å². The number of rotatable bonds is 5. The summed E-state index contributed by atoms with van der Waals surface area (Å²) in [6, 6.07) is 17.9. The van der Waals surface area contributed by atoms with Gasteiger partial charge < -0.3 is 14.4 Å². The number of ether oxygens (including phenoxy) is 1. The van der Waals surface area contributed by atoms with Gasteiger partial charge in [-0.15, -0.1) is 0 Å². The Morgan fingerprint density at radius 1 is 0.962 bits per heavy atom. The van der Waals surface area contributed by atoms with Crippen LogP contribution in [0.25, 0.3) is 21.8 Å². The highest BCUT2D eigenvalue weighted by atomic mass is 79.9. The van der Waals surface area contributed by atoms with E-state index in [1.54, 1.807) is 12.3 Å². The summed E-state index contributed by atoms with van der Waals surface area (Å²) in [6.07, 6.45) is 1.02. The molecule has 0 aliphatic carbocycles. The Morgan fingerprint density at radius 2 is 1.62 bits per heavy atom. The minimum absolute atomic E-state index is 0.186. The average Bonchev–Trinajstić information content (AvgIpc) is 2.93. The SMILES string of the molecule is OC(COc1ccccn1)Cn1c2ccc(Br)cc2c2cc(Br)ccc21. The van der Waals surface area contributed by atoms with Gasteiger partial charge in [-0.05, 0) is 42.5 Å². The lowest BCUT2D eigenvalue weighted by Gasteiger charge is -2.14. The molecule has 0 aliphatic rings. The van der Waals surface area contributed by atoms with Gasteiger partial charge in [-0.3, -0.25) is 0 Å². The Hall–Kier alpha value is -1.89. The van der Waals surface area contributed by atoms with Crippen molar-refractivity contribution < 1.29 is 9.84 Å². The molecule has 2 heterocycles. The molecular weight excluding hydrogens is 460 g/mol. The van der Waals surface area contributed by atoms with Crippen LogP contribution in [0.15, 0.2) is 69.7 Å². The van der Waals surface area contributed by atoms with Gasteiger partial charge in [0.25, 0.3) is 0 Å². The maximum Gasteiger partial charge on any atom is 0.213 e. The number of aliphatic hydroxyl groups excluding tert-OH is 1. The van der Waals surface area contributed by atoms with Gasteiger partial charge >= 0.3 is 0 Å². The van der Waals surface area contributed by atoms with Crippen LogP contribution in [0.4, 0.5) is 0 Å². The molecule has 4 nitrogen and oxygen atoms in total. The zero-order valence-electron chi connectivity index (χ0n) is 13.8. The van der Waals surface area contributed by atoms with Crippen molar-refractivity contribution in [2.75, 3.05) is 6.61 Å². The van der Waals surface area contributed by atoms with Crippen molar-refractivity contribution in [2.45, 2.75) is 12.6 Å². The van der Waals surface area contributed by atoms with E-state index in [-0.39, 0.29) is 6.61 Å². The summed E-state index contributed by atoms with van der Waals surface area (Å²) in [6.45, 7) is 0.626. The quantitative estimate of drug-likeness (QED) is 0.434. The molecular formula is C20H16Br2N2O2. The second kappa shape index (κ2) is 7.39. The number of benzene rings is 2. The second-order valence-corrected chi connectivity index (χ2v) is 7.90. The minimum atomic E-state index is -0.650. The molecule has 0 spiro atoms. The van der Waals surface area contributed by atoms with Crippen molar-refractivity contribution in [3.05, 3.63) is 69.7 Å². The first-order valence-electron chi connectivity index (χ1n) is 8.21. The fourth-order valence-electron chi connectivity index (χ4n) is 3.12. The fraction of sp³-hybridized carbons (Fsp3) is 0.150. The number of nitrogens with zero attached hydrogens (tertiary/aromatic N) is 2. The number of halogens is 2. The summed E-state index contributed by atoms with van der Waals surface area (Å²) in [5, 5.41) is 12.8. The monoisotopic (exact) mass is 474 g/mol. The largest absolute Gasteiger partial charge is 0.475 e. The molecule has 1 N–H and O–H groups in total. The normalized spacial score (nSPS) is 12.6. The van der Waals surface area contributed by atoms with Gasteiger partial charge in [0.05, 0.1) is 6.54 Å². The Balaban J connectivity index is 1.66. The van der Waals surface area contributed by atoms with E-state index < -0.39 is 6.10 Å². The zero-order chi connectivity index (χ0) is 18.1. The van der Waals surface area contributed by atoms with E-state index in [0.29, 0.717) is 12.4 Å². The molecule has 0 aliphatic heterocycles. The van der Waals surface area contributed by atoms with Crippen molar-refractivity contribution in [3.63, 3.8) is 0 Å². The second-order valence-electron chi connectivity index (χ2n) is 6.07. The van der Waals surface area contributed by atoms with Crippen LogP contribution in [0.1, 0.15) is 0 Å². The maximum atomic E-state index is 10.5. The first-order valence-corrected chi connectivity index (χ1v) is 9.79. The van der Waals surface area contributed by atoms with E-state index in [9.17, 15) is 5.11 Å². The van der Waals surface area contributed by atoms with Crippen LogP contribution in [-0.4, -0.2) is 27.4 Å². The molecule has 0 saturated heterocycles. The summed E-state index contributed by atoms with van der Waals surface area (Å²) in [7, 11) is 0. The third-order valence-corrected chi connectivity index (χ3v) is 5.23. The number of pyridine rings is 1. The van der Waals surface area contributed by atoms with E-state index in [0.717, 1.165) is 30.8 Å². The van der Waals surface area contributed by atoms with Gasteiger partial charge in [0.1, 0.15) is 12.7 Å². The van der Waals surface area contributed by atoms with Crippen molar-refractivity contribution in [3.8, 4) is 5.88 Å². The van der Waals surface area contributed by atoms with Gasteiger partial charge in [-0.2, -0.15) is 0 Å². The van der Waals surface area contributed by atoms with Crippen molar-refractivity contribution in [1.82, 2.24) is 9.55 Å². The van der Waals surface area contributed by atoms with Crippen LogP contribution in [-0.2, 0) is 6.54 Å². The predicted molar refractivity (Wildman–Crippen MR) is 111 cm³/mol. The first-order chi connectivity index (χ1) is 12.6. The molecule has 6 heteroatoms. The summed E-state index contributed by atoms with van der Waals surface area (Å²) >= 11 is 7.10. The standard InChI is InChI=1S/C20H16Br2N2O2/c21-13-4-6-18-16(9-13)17-10-14(22)5-7-19(17)24(18)11-15(25)12-26-20-3-1-2-8-23-20/h1-10,15,25H,11-12H2. The smallest absolute Gasteiger partial charge is 0.213 e. The molecule has 0 amide bonds. The molecule has 0 saturated carbocycles. The highest BCUT2D eigenvalue weighted by Crippen LogP contribution is 2.33. The molecule has 2 aromatic carbocycles. The lowest BCUT2D eigenvalue weighted by molar-refractivity contribution is 0.0922. The van der Waals surface area contributed by atoms with Gasteiger partial charge in [0.15, 0.2) is 0 Å². The van der Waals surface area contributed by atoms with E-state index in [4.69, 9.17) is 4.74 Å². The molecule has 1 atom stereocenters. The number of aromatic nitrogens is 2. The number of hydrogen-bond donors (Lipinski definition) is 1. The molecule has 0 radical (unpaired) electrons. The van der Waals surface area contributed by atoms with Crippen LogP contribution in [0.2, 0.25) is 0 Å². The van der Waals surface area contributed by atoms with Crippen molar-refractivity contribution >= 4 is 53.7 Å². The molecule has 2 aromatic heterocycles. The lowest BCUT2D eigenvalue weighted by atomic mass is 10.2. The Kier molecular flexibility index (Phi) is 4.98. The summed E-state index contributed by atoms with van der Waals surface area (Å²) in [5.41, 5.74) is 2.16. The van der Waals surface area contributed by atoms with E-state index in [1.807, 2.05) is 24.3 Å². The molecule has 0 bridgehead atoms. The number of fused-ring (bicyclic) bond motifs is 3. The topological polar surface area (TPSA) is 47.3 Å². The molecule has 1 unspecified atom stereocenters. The minimum Gasteiger partial charge on any atom is -0.475 e. The summed E-state index contributed by atoms with van der Waals surface area (Å²) in [5.74, 6) is 0.515. The summed E-state index contributed by atoms with van der Waals surface area (Å²) in [4.78, 5) is 4.12. The Bertz CT molecular complexity index is 1000. The molecule has 4 aromatic rings. The van der Waals surface area contributed by atoms with Crippen LogP contribution in [0, 0.1) is 0 Å². The van der Waals surface area contributed by atoms with Crippen LogP contribution >= 0.6 is 31.9 Å². The highest BCUT2D eigenvalue weighted by molar-refractivity contribution is 9.10. The van der Waals surface area contributed by atoms with Crippen LogP contribution in [0.3, 0.4) is 0 Å². The first kappa shape index (κ1) is 17.5. The number of hydrogen-bond acceptors (Lipinski definition) is 3. The Labute approximate surface area is 167 Å². The van der Waals surface area contributed by atoms with Crippen molar-refractivity contribution in [2.24, 2.45) is 0 Å². The lowest BCUT2D eigenvalue weighted by Crippen LogP contribution is -2.23. The van der Waals surface area contributed by atoms with Crippen LogP contribution in [0.5, 0.6) is 5.88 Å².